The number of hydrogen-bond donors (Lipinski definition) is 2. The van der Waals surface area contributed by atoms with Gasteiger partial charge in [-0.15, -0.1) is 6.40 Å². The molecule has 2 heterocycles. The Morgan fingerprint density at radius 3 is 2.91 bits per heavy atom. The van der Waals surface area contributed by atoms with Gasteiger partial charge in [0, 0.05) is 35.8 Å². The van der Waals surface area contributed by atoms with E-state index < -0.39 is 0 Å². The third-order valence-electron chi connectivity index (χ3n) is 6.96. The predicted octanol–water partition coefficient (Wildman–Crippen LogP) is 4.45. The number of amides is 1. The highest BCUT2D eigenvalue weighted by Gasteiger charge is 2.39. The fourth-order valence-corrected chi connectivity index (χ4v) is 5.40. The van der Waals surface area contributed by atoms with Crippen LogP contribution in [0.25, 0.3) is 10.9 Å². The summed E-state index contributed by atoms with van der Waals surface area (Å²) in [7, 11) is 2.20. The van der Waals surface area contributed by atoms with Gasteiger partial charge in [-0.1, -0.05) is 18.6 Å². The van der Waals surface area contributed by atoms with E-state index in [9.17, 15) is 4.79 Å². The van der Waals surface area contributed by atoms with Gasteiger partial charge in [0.2, 0.25) is 5.91 Å². The molecular formula is C28H29N5O2. The number of hydrogen-bond acceptors (Lipinski definition) is 6. The van der Waals surface area contributed by atoms with Gasteiger partial charge in [0.15, 0.2) is 0 Å². The highest BCUT2D eigenvalue weighted by Crippen LogP contribution is 2.42. The lowest BCUT2D eigenvalue weighted by atomic mass is 10.0. The number of nitrogens with zero attached hydrogens (tertiary/aromatic N) is 3. The zero-order valence-electron chi connectivity index (χ0n) is 20.8. The summed E-state index contributed by atoms with van der Waals surface area (Å²) < 4.78 is 13.4. The first-order valence-electron chi connectivity index (χ1n) is 12.4. The lowest BCUT2D eigenvalue weighted by molar-refractivity contribution is -0.111. The molecule has 1 saturated carbocycles. The predicted molar refractivity (Wildman–Crippen MR) is 139 cm³/mol. The quantitative estimate of drug-likeness (QED) is 0.394. The second-order valence-corrected chi connectivity index (χ2v) is 9.50. The van der Waals surface area contributed by atoms with E-state index in [2.05, 4.69) is 51.4 Å². The number of aromatic nitrogens is 2. The van der Waals surface area contributed by atoms with Crippen molar-refractivity contribution in [2.24, 2.45) is 17.8 Å². The number of likely N-dealkylation sites (tertiary alicyclic amines) is 1. The number of benzene rings is 2. The SMILES string of the molecule is [2H]C#Cc1cccc(Nc2ncnc3cc(OCC4CC5CN(C)CC5C4)c(NC(=O)C=C)cc23)c1. The molecule has 3 aromatic rings. The minimum Gasteiger partial charge on any atom is -0.491 e. The molecule has 5 rings (SSSR count). The van der Waals surface area contributed by atoms with Gasteiger partial charge in [-0.3, -0.25) is 4.79 Å². The van der Waals surface area contributed by atoms with Crippen LogP contribution in [-0.2, 0) is 4.79 Å². The number of carbonyl (C=O) groups is 1. The first-order valence-corrected chi connectivity index (χ1v) is 11.9. The Balaban J connectivity index is 1.41. The Morgan fingerprint density at radius 2 is 2.14 bits per heavy atom. The lowest BCUT2D eigenvalue weighted by Crippen LogP contribution is -2.18. The zero-order valence-corrected chi connectivity index (χ0v) is 19.8. The number of ether oxygens (including phenoxy) is 1. The second kappa shape index (κ2) is 9.77. The van der Waals surface area contributed by atoms with Crippen LogP contribution in [-0.4, -0.2) is 47.5 Å². The topological polar surface area (TPSA) is 79.4 Å². The fourth-order valence-electron chi connectivity index (χ4n) is 5.40. The summed E-state index contributed by atoms with van der Waals surface area (Å²) >= 11 is 0. The molecule has 2 unspecified atom stereocenters. The van der Waals surface area contributed by atoms with Crippen LogP contribution >= 0.6 is 0 Å². The Morgan fingerprint density at radius 1 is 1.31 bits per heavy atom. The van der Waals surface area contributed by atoms with E-state index in [0.717, 1.165) is 28.5 Å². The van der Waals surface area contributed by atoms with Gasteiger partial charge in [0.05, 0.1) is 17.8 Å². The average Bonchev–Trinajstić information content (AvgIpc) is 3.40. The van der Waals surface area contributed by atoms with Crippen LogP contribution in [0.5, 0.6) is 5.75 Å². The molecule has 0 bridgehead atoms. The van der Waals surface area contributed by atoms with Crippen molar-refractivity contribution in [3.8, 4) is 18.1 Å². The van der Waals surface area contributed by atoms with Crippen molar-refractivity contribution in [2.45, 2.75) is 12.8 Å². The smallest absolute Gasteiger partial charge is 0.247 e. The Kier molecular flexibility index (Phi) is 6.04. The maximum Gasteiger partial charge on any atom is 0.247 e. The van der Waals surface area contributed by atoms with Crippen LogP contribution in [0.3, 0.4) is 0 Å². The van der Waals surface area contributed by atoms with Crippen molar-refractivity contribution in [1.29, 1.82) is 0 Å². The lowest BCUT2D eigenvalue weighted by Gasteiger charge is -2.18. The molecule has 35 heavy (non-hydrogen) atoms. The number of carbonyl (C=O) groups excluding carboxylic acids is 1. The second-order valence-electron chi connectivity index (χ2n) is 9.50. The zero-order chi connectivity index (χ0) is 25.1. The molecular weight excluding hydrogens is 438 g/mol. The van der Waals surface area contributed by atoms with Crippen LogP contribution in [0.4, 0.5) is 17.2 Å². The molecule has 2 N–H and O–H groups in total. The summed E-state index contributed by atoms with van der Waals surface area (Å²) in [5.74, 6) is 5.62. The number of nitrogens with one attached hydrogen (secondary N) is 2. The monoisotopic (exact) mass is 468 g/mol. The fraction of sp³-hybridized carbons (Fsp3) is 0.321. The Labute approximate surface area is 207 Å². The first kappa shape index (κ1) is 21.6. The van der Waals surface area contributed by atoms with Gasteiger partial charge >= 0.3 is 0 Å². The Bertz CT molecular complexity index is 1350. The van der Waals surface area contributed by atoms with E-state index in [4.69, 9.17) is 6.11 Å². The van der Waals surface area contributed by atoms with Gasteiger partial charge in [0.1, 0.15) is 19.3 Å². The maximum absolute atomic E-state index is 12.2. The summed E-state index contributed by atoms with van der Waals surface area (Å²) in [6.45, 7) is 6.52. The molecule has 2 aliphatic rings. The molecule has 1 aromatic heterocycles. The maximum atomic E-state index is 12.2. The van der Waals surface area contributed by atoms with Gasteiger partial charge in [-0.05, 0) is 68.0 Å². The van der Waals surface area contributed by atoms with Crippen molar-refractivity contribution in [2.75, 3.05) is 37.4 Å². The van der Waals surface area contributed by atoms with Crippen molar-refractivity contribution in [3.05, 3.63) is 60.9 Å². The largest absolute Gasteiger partial charge is 0.491 e. The van der Waals surface area contributed by atoms with Crippen LogP contribution in [0.1, 0.15) is 19.8 Å². The van der Waals surface area contributed by atoms with Crippen molar-refractivity contribution in [1.82, 2.24) is 14.9 Å². The van der Waals surface area contributed by atoms with Crippen LogP contribution < -0.4 is 15.4 Å². The molecule has 0 radical (unpaired) electrons. The standard InChI is InChI=1S/C28H29N5O2/c1-4-18-7-6-8-22(11-18)31-28-23-12-25(32-27(34)5-2)26(13-24(23)29-17-30-28)35-16-19-9-20-14-33(3)15-21(20)10-19/h1,5-8,11-13,17,19-21H,2,9-10,14-16H2,3H3,(H,32,34)(H,29,30,31)/i1D. The van der Waals surface area contributed by atoms with Gasteiger partial charge in [-0.25, -0.2) is 9.97 Å². The minimum absolute atomic E-state index is 0.314. The number of rotatable bonds is 7. The highest BCUT2D eigenvalue weighted by atomic mass is 16.5. The molecule has 1 aliphatic heterocycles. The molecule has 7 heteroatoms. The van der Waals surface area contributed by atoms with Crippen molar-refractivity contribution >= 4 is 34.0 Å². The van der Waals surface area contributed by atoms with Crippen molar-refractivity contribution in [3.63, 3.8) is 0 Å². The number of fused-ring (bicyclic) bond motifs is 2. The first-order chi connectivity index (χ1) is 17.5. The molecule has 1 aliphatic carbocycles. The molecule has 0 spiro atoms. The van der Waals surface area contributed by atoms with Gasteiger partial charge in [-0.2, -0.15) is 0 Å². The Hall–Kier alpha value is -3.89. The average molecular weight is 469 g/mol. The summed E-state index contributed by atoms with van der Waals surface area (Å²) in [6.07, 6.45) is 7.26. The summed E-state index contributed by atoms with van der Waals surface area (Å²) in [4.78, 5) is 23.5. The van der Waals surface area contributed by atoms with E-state index in [1.54, 1.807) is 0 Å². The molecule has 7 nitrogen and oxygen atoms in total. The van der Waals surface area contributed by atoms with E-state index in [0.29, 0.717) is 35.3 Å². The van der Waals surface area contributed by atoms with Gasteiger partial charge < -0.3 is 20.3 Å². The van der Waals surface area contributed by atoms with Crippen LogP contribution in [0.15, 0.2) is 55.4 Å². The normalized spacial score (nSPS) is 21.5. The molecule has 1 amide bonds. The molecule has 2 aromatic carbocycles. The van der Waals surface area contributed by atoms with Crippen LogP contribution in [0.2, 0.25) is 0 Å². The molecule has 1 saturated heterocycles. The highest BCUT2D eigenvalue weighted by molar-refractivity contribution is 6.03. The third-order valence-corrected chi connectivity index (χ3v) is 6.96. The third kappa shape index (κ3) is 4.98. The van der Waals surface area contributed by atoms with Gasteiger partial charge in [0.25, 0.3) is 0 Å². The van der Waals surface area contributed by atoms with Crippen molar-refractivity contribution < 1.29 is 10.9 Å². The number of anilines is 3. The summed E-state index contributed by atoms with van der Waals surface area (Å²) in [6, 6.07) is 11.1. The summed E-state index contributed by atoms with van der Waals surface area (Å²) in [5, 5.41) is 6.92. The molecule has 2 atom stereocenters. The summed E-state index contributed by atoms with van der Waals surface area (Å²) in [5.41, 5.74) is 2.76. The van der Waals surface area contributed by atoms with E-state index in [1.807, 2.05) is 36.4 Å². The minimum atomic E-state index is -0.314. The van der Waals surface area contributed by atoms with E-state index in [1.165, 1.54) is 38.3 Å². The molecule has 178 valence electrons. The van der Waals surface area contributed by atoms with E-state index in [-0.39, 0.29) is 5.91 Å². The molecule has 2 fully saturated rings. The van der Waals surface area contributed by atoms with Crippen LogP contribution in [0, 0.1) is 30.1 Å². The van der Waals surface area contributed by atoms with E-state index >= 15 is 0 Å². The number of terminal acetylenes is 1.